The van der Waals surface area contributed by atoms with Crippen LogP contribution in [0.4, 0.5) is 0 Å². The fraction of sp³-hybridized carbons (Fsp3) is 0.143. The largest absolute Gasteiger partial charge is 0.192 e. The molecule has 4 heterocycles. The van der Waals surface area contributed by atoms with E-state index in [-0.39, 0.29) is 5.57 Å². The summed E-state index contributed by atoms with van der Waals surface area (Å²) in [6.45, 7) is 0. The highest BCUT2D eigenvalue weighted by Gasteiger charge is 2.28. The highest BCUT2D eigenvalue weighted by molar-refractivity contribution is 8.44. The molecule has 0 aliphatic carbocycles. The lowest BCUT2D eigenvalue weighted by Gasteiger charge is -2.12. The van der Waals surface area contributed by atoms with Crippen molar-refractivity contribution in [2.24, 2.45) is 0 Å². The van der Waals surface area contributed by atoms with Gasteiger partial charge in [0.05, 0.1) is 16.9 Å². The van der Waals surface area contributed by atoms with E-state index in [1.165, 1.54) is 58.7 Å². The Labute approximate surface area is 254 Å². The second kappa shape index (κ2) is 11.1. The number of benzene rings is 3. The van der Waals surface area contributed by atoms with Gasteiger partial charge in [-0.05, 0) is 39.3 Å². The monoisotopic (exact) mass is 636 g/mol. The van der Waals surface area contributed by atoms with Gasteiger partial charge in [-0.15, -0.1) is 47.0 Å². The van der Waals surface area contributed by atoms with Crippen LogP contribution in [0.1, 0.15) is 5.56 Å². The lowest BCUT2D eigenvalue weighted by atomic mass is 9.97. The van der Waals surface area contributed by atoms with Crippen LogP contribution in [0.25, 0.3) is 36.1 Å². The zero-order chi connectivity index (χ0) is 25.6. The molecule has 4 aliphatic heterocycles. The van der Waals surface area contributed by atoms with Gasteiger partial charge in [-0.2, -0.15) is 10.5 Å². The van der Waals surface area contributed by atoms with Crippen molar-refractivity contribution in [3.05, 3.63) is 82.3 Å². The summed E-state index contributed by atoms with van der Waals surface area (Å²) < 4.78 is 5.60. The van der Waals surface area contributed by atoms with Gasteiger partial charge in [0, 0.05) is 41.9 Å². The summed E-state index contributed by atoms with van der Waals surface area (Å²) in [5.74, 6) is 2.17. The van der Waals surface area contributed by atoms with Crippen molar-refractivity contribution in [2.45, 2.75) is 0 Å². The molecule has 3 aromatic carbocycles. The van der Waals surface area contributed by atoms with E-state index in [2.05, 4.69) is 42.5 Å². The van der Waals surface area contributed by atoms with Crippen molar-refractivity contribution in [3.8, 4) is 12.1 Å². The maximum atomic E-state index is 9.40. The molecular formula is C28H16N2S8. The van der Waals surface area contributed by atoms with Crippen LogP contribution >= 0.6 is 94.1 Å². The third-order valence-corrected chi connectivity index (χ3v) is 17.3. The Balaban J connectivity index is 1.57. The van der Waals surface area contributed by atoms with Crippen LogP contribution in [0.5, 0.6) is 0 Å². The molecular weight excluding hydrogens is 621 g/mol. The Bertz CT molecular complexity index is 1800. The average molecular weight is 637 g/mol. The smallest absolute Gasteiger partial charge is 0.130 e. The second-order valence-corrected chi connectivity index (χ2v) is 18.5. The first-order valence-electron chi connectivity index (χ1n) is 11.6. The topological polar surface area (TPSA) is 47.6 Å². The van der Waals surface area contributed by atoms with Crippen LogP contribution in [0.15, 0.2) is 66.3 Å². The maximum absolute atomic E-state index is 9.40. The fourth-order valence-electron chi connectivity index (χ4n) is 4.67. The van der Waals surface area contributed by atoms with E-state index in [9.17, 15) is 10.5 Å². The Morgan fingerprint density at radius 1 is 0.658 bits per heavy atom. The van der Waals surface area contributed by atoms with Crippen molar-refractivity contribution in [1.29, 1.82) is 10.5 Å². The van der Waals surface area contributed by atoms with Gasteiger partial charge in [0.1, 0.15) is 17.7 Å². The molecule has 0 aromatic heterocycles. The van der Waals surface area contributed by atoms with Crippen LogP contribution in [-0.2, 0) is 0 Å². The molecule has 0 radical (unpaired) electrons. The summed E-state index contributed by atoms with van der Waals surface area (Å²) in [6, 6.07) is 19.3. The summed E-state index contributed by atoms with van der Waals surface area (Å²) in [5, 5.41) is 28.6. The summed E-state index contributed by atoms with van der Waals surface area (Å²) in [5.41, 5.74) is 1.01. The lowest BCUT2D eigenvalue weighted by Crippen LogP contribution is -2.17. The van der Waals surface area contributed by atoms with Crippen molar-refractivity contribution >= 4 is 130 Å². The molecule has 0 fully saturated rings. The molecule has 0 N–H and O–H groups in total. The molecule has 0 unspecified atom stereocenters. The van der Waals surface area contributed by atoms with Gasteiger partial charge in [-0.1, -0.05) is 83.4 Å². The summed E-state index contributed by atoms with van der Waals surface area (Å²) in [6.07, 6.45) is 1.70. The molecule has 3 aromatic rings. The van der Waals surface area contributed by atoms with Crippen LogP contribution < -0.4 is 10.4 Å². The summed E-state index contributed by atoms with van der Waals surface area (Å²) in [4.78, 5) is 2.96. The Hall–Kier alpha value is -1.08. The molecule has 7 rings (SSSR count). The molecule has 0 bridgehead atoms. The van der Waals surface area contributed by atoms with E-state index >= 15 is 0 Å². The molecule has 4 aliphatic rings. The Morgan fingerprint density at radius 2 is 1.21 bits per heavy atom. The first kappa shape index (κ1) is 25.9. The number of thioether (sulfide) groups is 8. The van der Waals surface area contributed by atoms with E-state index in [1.807, 2.05) is 106 Å². The number of rotatable bonds is 1. The first-order valence-corrected chi connectivity index (χ1v) is 19.1. The fourth-order valence-corrected chi connectivity index (χ4v) is 16.6. The van der Waals surface area contributed by atoms with E-state index < -0.39 is 0 Å². The number of allylic oxidation sites excluding steroid dienone is 1. The van der Waals surface area contributed by atoms with Gasteiger partial charge >= 0.3 is 0 Å². The molecule has 0 saturated carbocycles. The predicted molar refractivity (Wildman–Crippen MR) is 181 cm³/mol. The summed E-state index contributed by atoms with van der Waals surface area (Å²) >= 11 is 15.6. The molecule has 0 saturated heterocycles. The van der Waals surface area contributed by atoms with Crippen LogP contribution in [0.3, 0.4) is 0 Å². The van der Waals surface area contributed by atoms with E-state index in [4.69, 9.17) is 0 Å². The number of fused-ring (bicyclic) bond motifs is 2. The Kier molecular flexibility index (Phi) is 7.53. The zero-order valence-electron chi connectivity index (χ0n) is 19.6. The van der Waals surface area contributed by atoms with Crippen molar-refractivity contribution in [2.75, 3.05) is 21.7 Å². The number of nitrogens with zero attached hydrogens (tertiary/aromatic N) is 2. The molecule has 0 amide bonds. The second-order valence-electron chi connectivity index (χ2n) is 8.51. The highest BCUT2D eigenvalue weighted by atomic mass is 32.3. The normalized spacial score (nSPS) is 21.8. The first-order chi connectivity index (χ1) is 18.7. The standard InChI is InChI=1S/C28H16N2S8/c29-9-16(10-30)7-15-5-6-19-20(8-15)24(28-36-22-12-32-14-34-26(22)38-28)18-4-2-1-3-17(18)23(19)27-35-21-11-31-13-33-25(21)37-27/h1-8H,11-14H2/b27-23+,28-24-. The highest BCUT2D eigenvalue weighted by Crippen LogP contribution is 2.59. The van der Waals surface area contributed by atoms with E-state index in [0.717, 1.165) is 27.2 Å². The molecule has 10 heteroatoms. The predicted octanol–water partition coefficient (Wildman–Crippen LogP) is 8.73. The minimum absolute atomic E-state index is 0.123. The van der Waals surface area contributed by atoms with Gasteiger partial charge in [0.25, 0.3) is 0 Å². The van der Waals surface area contributed by atoms with Crippen LogP contribution in [-0.4, -0.2) is 21.7 Å². The van der Waals surface area contributed by atoms with Crippen LogP contribution in [0.2, 0.25) is 0 Å². The van der Waals surface area contributed by atoms with Gasteiger partial charge in [-0.3, -0.25) is 0 Å². The van der Waals surface area contributed by atoms with Gasteiger partial charge in [-0.25, -0.2) is 0 Å². The number of hydrogen-bond acceptors (Lipinski definition) is 10. The number of hydrogen-bond donors (Lipinski definition) is 0. The average Bonchev–Trinajstić information content (AvgIpc) is 3.58. The summed E-state index contributed by atoms with van der Waals surface area (Å²) in [7, 11) is 0. The third-order valence-electron chi connectivity index (χ3n) is 6.28. The third kappa shape index (κ3) is 4.65. The Morgan fingerprint density at radius 3 is 1.76 bits per heavy atom. The maximum Gasteiger partial charge on any atom is 0.130 e. The number of nitriles is 2. The van der Waals surface area contributed by atoms with E-state index in [1.54, 1.807) is 6.08 Å². The minimum Gasteiger partial charge on any atom is -0.192 e. The van der Waals surface area contributed by atoms with E-state index in [0.29, 0.717) is 0 Å². The van der Waals surface area contributed by atoms with Gasteiger partial charge in [0.15, 0.2) is 0 Å². The van der Waals surface area contributed by atoms with Crippen molar-refractivity contribution in [1.82, 2.24) is 0 Å². The quantitative estimate of drug-likeness (QED) is 0.191. The SMILES string of the molecule is N#CC(C#N)=Cc1ccc2/c(=C3\SC4=C(SCSC4)S3)c3ccccc3/c(=C3\SC4=C(SCSC4)S3)c2c1. The lowest BCUT2D eigenvalue weighted by molar-refractivity contribution is 1.47. The molecule has 0 atom stereocenters. The molecule has 2 nitrogen and oxygen atoms in total. The molecule has 0 spiro atoms. The van der Waals surface area contributed by atoms with Crippen molar-refractivity contribution < 1.29 is 0 Å². The van der Waals surface area contributed by atoms with Gasteiger partial charge in [0.2, 0.25) is 0 Å². The zero-order valence-corrected chi connectivity index (χ0v) is 26.1. The van der Waals surface area contributed by atoms with Gasteiger partial charge < -0.3 is 0 Å². The molecule has 38 heavy (non-hydrogen) atoms. The molecule has 186 valence electrons. The minimum atomic E-state index is 0.123. The van der Waals surface area contributed by atoms with Crippen molar-refractivity contribution in [3.63, 3.8) is 0 Å². The van der Waals surface area contributed by atoms with Crippen LogP contribution in [0, 0.1) is 22.7 Å².